The molecule has 0 saturated carbocycles. The van der Waals surface area contributed by atoms with Crippen molar-refractivity contribution >= 4 is 54.8 Å². The predicted molar refractivity (Wildman–Crippen MR) is 81.6 cm³/mol. The highest BCUT2D eigenvalue weighted by atomic mass is 79.9. The van der Waals surface area contributed by atoms with Crippen molar-refractivity contribution in [1.82, 2.24) is 0 Å². The molecule has 0 aromatic carbocycles. The molecule has 0 saturated heterocycles. The van der Waals surface area contributed by atoms with Crippen LogP contribution in [0.1, 0.15) is 50.5 Å². The monoisotopic (exact) mass is 386 g/mol. The summed E-state index contributed by atoms with van der Waals surface area (Å²) in [6.45, 7) is 4.45. The van der Waals surface area contributed by atoms with Crippen molar-refractivity contribution in [2.24, 2.45) is 5.92 Å². The lowest BCUT2D eigenvalue weighted by molar-refractivity contribution is 0.426. The van der Waals surface area contributed by atoms with E-state index in [1.165, 1.54) is 31.2 Å². The Labute approximate surface area is 124 Å². The SMILES string of the molecule is CCCC(CCC)C(Cl)c1cc(Br)sc1Br. The number of halogens is 3. The van der Waals surface area contributed by atoms with Crippen molar-refractivity contribution in [3.63, 3.8) is 0 Å². The van der Waals surface area contributed by atoms with Gasteiger partial charge < -0.3 is 0 Å². The minimum Gasteiger partial charge on any atom is -0.121 e. The zero-order valence-corrected chi connectivity index (χ0v) is 14.3. The standard InChI is InChI=1S/C12H17Br2ClS/c1-3-5-8(6-4-2)11(15)9-7-10(13)16-12(9)14/h7-8,11H,3-6H2,1-2H3. The van der Waals surface area contributed by atoms with Gasteiger partial charge in [-0.15, -0.1) is 22.9 Å². The van der Waals surface area contributed by atoms with E-state index in [9.17, 15) is 0 Å². The quantitative estimate of drug-likeness (QED) is 0.472. The Bertz CT molecular complexity index is 319. The molecule has 1 rings (SSSR count). The Hall–Kier alpha value is 0.950. The smallest absolute Gasteiger partial charge is 0.0757 e. The molecular weight excluding hydrogens is 371 g/mol. The molecule has 4 heteroatoms. The van der Waals surface area contributed by atoms with Gasteiger partial charge in [-0.25, -0.2) is 0 Å². The molecule has 1 heterocycles. The fraction of sp³-hybridized carbons (Fsp3) is 0.667. The number of thiophene rings is 1. The molecule has 92 valence electrons. The average Bonchev–Trinajstić information content (AvgIpc) is 2.56. The lowest BCUT2D eigenvalue weighted by atomic mass is 9.92. The topological polar surface area (TPSA) is 0 Å². The molecule has 0 amide bonds. The van der Waals surface area contributed by atoms with Gasteiger partial charge in [-0.1, -0.05) is 26.7 Å². The summed E-state index contributed by atoms with van der Waals surface area (Å²) >= 11 is 15.4. The van der Waals surface area contributed by atoms with Crippen LogP contribution in [-0.4, -0.2) is 0 Å². The molecule has 0 aliphatic heterocycles. The highest BCUT2D eigenvalue weighted by Crippen LogP contribution is 2.43. The van der Waals surface area contributed by atoms with Crippen molar-refractivity contribution < 1.29 is 0 Å². The molecule has 16 heavy (non-hydrogen) atoms. The third-order valence-corrected chi connectivity index (χ3v) is 5.69. The lowest BCUT2D eigenvalue weighted by Crippen LogP contribution is -2.07. The van der Waals surface area contributed by atoms with Crippen LogP contribution in [0.15, 0.2) is 13.6 Å². The third kappa shape index (κ3) is 4.01. The van der Waals surface area contributed by atoms with Crippen LogP contribution >= 0.6 is 54.8 Å². The highest BCUT2D eigenvalue weighted by molar-refractivity contribution is 9.12. The molecule has 0 aliphatic rings. The van der Waals surface area contributed by atoms with Gasteiger partial charge in [0.25, 0.3) is 0 Å². The average molecular weight is 389 g/mol. The van der Waals surface area contributed by atoms with Crippen LogP contribution in [-0.2, 0) is 0 Å². The first-order chi connectivity index (χ1) is 7.60. The molecule has 1 atom stereocenters. The Balaban J connectivity index is 2.80. The van der Waals surface area contributed by atoms with Crippen molar-refractivity contribution in [3.8, 4) is 0 Å². The Morgan fingerprint density at radius 2 is 1.81 bits per heavy atom. The fourth-order valence-electron chi connectivity index (χ4n) is 1.97. The van der Waals surface area contributed by atoms with E-state index in [1.807, 2.05) is 0 Å². The van der Waals surface area contributed by atoms with Gasteiger partial charge in [-0.3, -0.25) is 0 Å². The van der Waals surface area contributed by atoms with Crippen molar-refractivity contribution in [2.75, 3.05) is 0 Å². The summed E-state index contributed by atoms with van der Waals surface area (Å²) in [7, 11) is 0. The number of rotatable bonds is 6. The van der Waals surface area contributed by atoms with E-state index in [0.29, 0.717) is 5.92 Å². The van der Waals surface area contributed by atoms with Crippen LogP contribution in [0, 0.1) is 5.92 Å². The van der Waals surface area contributed by atoms with Gasteiger partial charge in [0, 0.05) is 0 Å². The molecule has 0 N–H and O–H groups in total. The maximum Gasteiger partial charge on any atom is 0.0757 e. The molecule has 0 bridgehead atoms. The second-order valence-electron chi connectivity index (χ2n) is 4.02. The van der Waals surface area contributed by atoms with E-state index in [2.05, 4.69) is 51.8 Å². The predicted octanol–water partition coefficient (Wildman–Crippen LogP) is 6.77. The largest absolute Gasteiger partial charge is 0.121 e. The van der Waals surface area contributed by atoms with Crippen LogP contribution < -0.4 is 0 Å². The van der Waals surface area contributed by atoms with Gasteiger partial charge in [0.2, 0.25) is 0 Å². The van der Waals surface area contributed by atoms with Gasteiger partial charge in [-0.05, 0) is 62.2 Å². The molecule has 1 aromatic heterocycles. The molecule has 0 nitrogen and oxygen atoms in total. The van der Waals surface area contributed by atoms with Crippen LogP contribution in [0.25, 0.3) is 0 Å². The summed E-state index contributed by atoms with van der Waals surface area (Å²) in [5.41, 5.74) is 1.24. The first kappa shape index (κ1) is 15.0. The van der Waals surface area contributed by atoms with Crippen molar-refractivity contribution in [3.05, 3.63) is 19.2 Å². The zero-order chi connectivity index (χ0) is 12.1. The number of hydrogen-bond donors (Lipinski definition) is 0. The normalized spacial score (nSPS) is 13.4. The molecule has 0 aliphatic carbocycles. The van der Waals surface area contributed by atoms with Crippen LogP contribution in [0.2, 0.25) is 0 Å². The number of alkyl halides is 1. The molecule has 0 spiro atoms. The van der Waals surface area contributed by atoms with E-state index in [1.54, 1.807) is 11.3 Å². The minimum atomic E-state index is 0.136. The van der Waals surface area contributed by atoms with E-state index in [-0.39, 0.29) is 5.38 Å². The zero-order valence-electron chi connectivity index (χ0n) is 9.60. The van der Waals surface area contributed by atoms with E-state index >= 15 is 0 Å². The second kappa shape index (κ2) is 7.40. The van der Waals surface area contributed by atoms with Crippen LogP contribution in [0.3, 0.4) is 0 Å². The summed E-state index contributed by atoms with van der Waals surface area (Å²) in [5, 5.41) is 0.136. The lowest BCUT2D eigenvalue weighted by Gasteiger charge is -2.21. The summed E-state index contributed by atoms with van der Waals surface area (Å²) in [6, 6.07) is 2.14. The van der Waals surface area contributed by atoms with Gasteiger partial charge >= 0.3 is 0 Å². The maximum absolute atomic E-state index is 6.60. The first-order valence-corrected chi connectivity index (χ1v) is 8.52. The van der Waals surface area contributed by atoms with E-state index in [0.717, 1.165) is 7.57 Å². The van der Waals surface area contributed by atoms with Crippen molar-refractivity contribution in [2.45, 2.75) is 44.9 Å². The first-order valence-electron chi connectivity index (χ1n) is 5.68. The Kier molecular flexibility index (Phi) is 6.94. The summed E-state index contributed by atoms with van der Waals surface area (Å²) in [5.74, 6) is 0.592. The van der Waals surface area contributed by atoms with Crippen LogP contribution in [0.4, 0.5) is 0 Å². The highest BCUT2D eigenvalue weighted by Gasteiger charge is 2.23. The van der Waals surface area contributed by atoms with E-state index < -0.39 is 0 Å². The molecule has 0 radical (unpaired) electrons. The van der Waals surface area contributed by atoms with E-state index in [4.69, 9.17) is 11.6 Å². The molecular formula is C12H17Br2ClS. The number of hydrogen-bond acceptors (Lipinski definition) is 1. The third-order valence-electron chi connectivity index (χ3n) is 2.71. The summed E-state index contributed by atoms with van der Waals surface area (Å²) in [6.07, 6.45) is 4.83. The maximum atomic E-state index is 6.60. The minimum absolute atomic E-state index is 0.136. The summed E-state index contributed by atoms with van der Waals surface area (Å²) in [4.78, 5) is 0. The summed E-state index contributed by atoms with van der Waals surface area (Å²) < 4.78 is 2.31. The molecule has 0 fully saturated rings. The second-order valence-corrected chi connectivity index (χ2v) is 8.24. The van der Waals surface area contributed by atoms with Crippen molar-refractivity contribution in [1.29, 1.82) is 0 Å². The van der Waals surface area contributed by atoms with Gasteiger partial charge in [-0.2, -0.15) is 0 Å². The van der Waals surface area contributed by atoms with Gasteiger partial charge in [0.15, 0.2) is 0 Å². The molecule has 1 aromatic rings. The Morgan fingerprint density at radius 3 is 2.19 bits per heavy atom. The van der Waals surface area contributed by atoms with Gasteiger partial charge in [0.1, 0.15) is 0 Å². The fourth-order valence-corrected chi connectivity index (χ4v) is 5.52. The molecule has 1 unspecified atom stereocenters. The van der Waals surface area contributed by atoms with Crippen LogP contribution in [0.5, 0.6) is 0 Å². The van der Waals surface area contributed by atoms with Gasteiger partial charge in [0.05, 0.1) is 12.9 Å². The Morgan fingerprint density at radius 1 is 1.25 bits per heavy atom.